The van der Waals surface area contributed by atoms with E-state index in [0.29, 0.717) is 5.69 Å². The lowest BCUT2D eigenvalue weighted by atomic mass is 10.3. The molecule has 0 aliphatic rings. The van der Waals surface area contributed by atoms with Crippen LogP contribution in [0.25, 0.3) is 0 Å². The van der Waals surface area contributed by atoms with E-state index >= 15 is 0 Å². The maximum absolute atomic E-state index is 12.7. The smallest absolute Gasteiger partial charge is 0.142 e. The molecule has 4 heteroatoms. The van der Waals surface area contributed by atoms with Gasteiger partial charge in [-0.2, -0.15) is 0 Å². The van der Waals surface area contributed by atoms with Crippen molar-refractivity contribution in [1.29, 1.82) is 0 Å². The normalized spacial score (nSPS) is 9.82. The molecule has 0 bridgehead atoms. The number of hydrogen-bond donors (Lipinski definition) is 1. The van der Waals surface area contributed by atoms with Crippen LogP contribution >= 0.6 is 15.9 Å². The van der Waals surface area contributed by atoms with Crippen molar-refractivity contribution in [2.45, 2.75) is 0 Å². The van der Waals surface area contributed by atoms with E-state index in [4.69, 9.17) is 0 Å². The number of benzene rings is 1. The molecule has 0 spiro atoms. The lowest BCUT2D eigenvalue weighted by Gasteiger charge is -2.01. The van der Waals surface area contributed by atoms with Crippen LogP contribution in [0.5, 0.6) is 0 Å². The Morgan fingerprint density at radius 3 is 2.09 bits per heavy atom. The average molecular weight is 222 g/mol. The number of halogens is 3. The molecular weight excluding hydrogens is 216 g/mol. The van der Waals surface area contributed by atoms with E-state index in [1.807, 2.05) is 0 Å². The standard InChI is InChI=1S/C7H6BrF2N/c1-11-4-2-5(9)7(8)6(10)3-4/h2-3,11H,1H3. The molecule has 0 saturated heterocycles. The molecule has 0 aromatic heterocycles. The highest BCUT2D eigenvalue weighted by molar-refractivity contribution is 9.10. The van der Waals surface area contributed by atoms with Crippen molar-refractivity contribution in [2.75, 3.05) is 12.4 Å². The van der Waals surface area contributed by atoms with Gasteiger partial charge in [0.2, 0.25) is 0 Å². The molecule has 0 heterocycles. The first-order valence-corrected chi connectivity index (χ1v) is 3.76. The zero-order valence-corrected chi connectivity index (χ0v) is 7.37. The molecule has 0 atom stereocenters. The molecule has 1 rings (SSSR count). The Hall–Kier alpha value is -0.640. The molecule has 0 fully saturated rings. The third-order valence-electron chi connectivity index (χ3n) is 1.27. The lowest BCUT2D eigenvalue weighted by molar-refractivity contribution is 0.573. The molecule has 11 heavy (non-hydrogen) atoms. The van der Waals surface area contributed by atoms with Gasteiger partial charge >= 0.3 is 0 Å². The fourth-order valence-electron chi connectivity index (χ4n) is 0.700. The Bertz CT molecular complexity index is 252. The van der Waals surface area contributed by atoms with Gasteiger partial charge in [-0.15, -0.1) is 0 Å². The summed E-state index contributed by atoms with van der Waals surface area (Å²) in [4.78, 5) is 0. The highest BCUT2D eigenvalue weighted by atomic mass is 79.9. The molecule has 1 nitrogen and oxygen atoms in total. The zero-order chi connectivity index (χ0) is 8.43. The van der Waals surface area contributed by atoms with Gasteiger partial charge < -0.3 is 5.32 Å². The van der Waals surface area contributed by atoms with E-state index in [1.165, 1.54) is 12.1 Å². The van der Waals surface area contributed by atoms with Gasteiger partial charge in [0.05, 0.1) is 4.47 Å². The number of hydrogen-bond acceptors (Lipinski definition) is 1. The van der Waals surface area contributed by atoms with Crippen molar-refractivity contribution in [2.24, 2.45) is 0 Å². The highest BCUT2D eigenvalue weighted by Crippen LogP contribution is 2.23. The molecule has 0 aliphatic carbocycles. The van der Waals surface area contributed by atoms with Gasteiger partial charge in [0.15, 0.2) is 0 Å². The van der Waals surface area contributed by atoms with Crippen molar-refractivity contribution in [3.05, 3.63) is 28.2 Å². The number of nitrogens with one attached hydrogen (secondary N) is 1. The van der Waals surface area contributed by atoms with E-state index in [9.17, 15) is 8.78 Å². The van der Waals surface area contributed by atoms with E-state index < -0.39 is 11.6 Å². The molecule has 1 aromatic rings. The second-order valence-corrected chi connectivity index (χ2v) is 2.80. The van der Waals surface area contributed by atoms with Crippen LogP contribution in [-0.4, -0.2) is 7.05 Å². The van der Waals surface area contributed by atoms with Crippen LogP contribution in [0.15, 0.2) is 16.6 Å². The summed E-state index contributed by atoms with van der Waals surface area (Å²) in [6.07, 6.45) is 0. The van der Waals surface area contributed by atoms with Gasteiger partial charge in [-0.05, 0) is 28.1 Å². The number of rotatable bonds is 1. The highest BCUT2D eigenvalue weighted by Gasteiger charge is 2.06. The molecule has 0 amide bonds. The average Bonchev–Trinajstić information content (AvgIpc) is 1.99. The molecule has 60 valence electrons. The Morgan fingerprint density at radius 1 is 1.27 bits per heavy atom. The van der Waals surface area contributed by atoms with Gasteiger partial charge in [-0.25, -0.2) is 8.78 Å². The van der Waals surface area contributed by atoms with Crippen molar-refractivity contribution in [3.63, 3.8) is 0 Å². The molecule has 0 radical (unpaired) electrons. The van der Waals surface area contributed by atoms with Crippen molar-refractivity contribution in [1.82, 2.24) is 0 Å². The second kappa shape index (κ2) is 3.17. The molecular formula is C7H6BrF2N. The van der Waals surface area contributed by atoms with E-state index in [1.54, 1.807) is 7.05 Å². The monoisotopic (exact) mass is 221 g/mol. The Balaban J connectivity index is 3.21. The first-order valence-electron chi connectivity index (χ1n) is 2.97. The van der Waals surface area contributed by atoms with Gasteiger partial charge in [-0.1, -0.05) is 0 Å². The van der Waals surface area contributed by atoms with Gasteiger partial charge in [-0.3, -0.25) is 0 Å². The summed E-state index contributed by atoms with van der Waals surface area (Å²) in [5, 5.41) is 2.64. The van der Waals surface area contributed by atoms with Crippen LogP contribution in [0.3, 0.4) is 0 Å². The first-order chi connectivity index (χ1) is 5.15. The van der Waals surface area contributed by atoms with Crippen LogP contribution < -0.4 is 5.32 Å². The summed E-state index contributed by atoms with van der Waals surface area (Å²) in [5.41, 5.74) is 0.420. The van der Waals surface area contributed by atoms with E-state index in [-0.39, 0.29) is 4.47 Å². The molecule has 0 aliphatic heterocycles. The van der Waals surface area contributed by atoms with Crippen LogP contribution in [-0.2, 0) is 0 Å². The topological polar surface area (TPSA) is 12.0 Å². The molecule has 1 N–H and O–H groups in total. The fourth-order valence-corrected chi connectivity index (χ4v) is 0.929. The number of anilines is 1. The minimum Gasteiger partial charge on any atom is -0.388 e. The molecule has 1 aromatic carbocycles. The summed E-state index contributed by atoms with van der Waals surface area (Å²) < 4.78 is 25.3. The van der Waals surface area contributed by atoms with Crippen molar-refractivity contribution >= 4 is 21.6 Å². The minimum absolute atomic E-state index is 0.128. The quantitative estimate of drug-likeness (QED) is 0.720. The van der Waals surface area contributed by atoms with E-state index in [2.05, 4.69) is 21.2 Å². The van der Waals surface area contributed by atoms with Crippen LogP contribution in [0.2, 0.25) is 0 Å². The van der Waals surface area contributed by atoms with Gasteiger partial charge in [0.25, 0.3) is 0 Å². The van der Waals surface area contributed by atoms with Crippen LogP contribution in [0.1, 0.15) is 0 Å². The van der Waals surface area contributed by atoms with Gasteiger partial charge in [0, 0.05) is 12.7 Å². The maximum Gasteiger partial charge on any atom is 0.142 e. The Kier molecular flexibility index (Phi) is 2.44. The largest absolute Gasteiger partial charge is 0.388 e. The third kappa shape index (κ3) is 1.68. The zero-order valence-electron chi connectivity index (χ0n) is 5.79. The summed E-state index contributed by atoms with van der Waals surface area (Å²) in [5.74, 6) is -1.20. The lowest BCUT2D eigenvalue weighted by Crippen LogP contribution is -1.92. The SMILES string of the molecule is CNc1cc(F)c(Br)c(F)c1. The Labute approximate surface area is 71.5 Å². The third-order valence-corrected chi connectivity index (χ3v) is 2.03. The minimum atomic E-state index is -0.602. The summed E-state index contributed by atoms with van der Waals surface area (Å²) >= 11 is 2.76. The second-order valence-electron chi connectivity index (χ2n) is 2.00. The molecule has 0 saturated carbocycles. The van der Waals surface area contributed by atoms with Crippen molar-refractivity contribution in [3.8, 4) is 0 Å². The van der Waals surface area contributed by atoms with E-state index in [0.717, 1.165) is 0 Å². The van der Waals surface area contributed by atoms with Gasteiger partial charge in [0.1, 0.15) is 11.6 Å². The summed E-state index contributed by atoms with van der Waals surface area (Å²) in [7, 11) is 1.60. The van der Waals surface area contributed by atoms with Crippen LogP contribution in [0, 0.1) is 11.6 Å². The first kappa shape index (κ1) is 8.46. The van der Waals surface area contributed by atoms with Crippen LogP contribution in [0.4, 0.5) is 14.5 Å². The molecule has 0 unspecified atom stereocenters. The predicted octanol–water partition coefficient (Wildman–Crippen LogP) is 2.77. The summed E-state index contributed by atoms with van der Waals surface area (Å²) in [6, 6.07) is 2.43. The van der Waals surface area contributed by atoms with Crippen molar-refractivity contribution < 1.29 is 8.78 Å². The Morgan fingerprint density at radius 2 is 1.73 bits per heavy atom. The maximum atomic E-state index is 12.7. The fraction of sp³-hybridized carbons (Fsp3) is 0.143. The summed E-state index contributed by atoms with van der Waals surface area (Å²) in [6.45, 7) is 0. The predicted molar refractivity (Wildman–Crippen MR) is 43.6 cm³/mol.